The lowest BCUT2D eigenvalue weighted by atomic mass is 10.1. The molecule has 7 nitrogen and oxygen atoms in total. The topological polar surface area (TPSA) is 82.2 Å². The number of carbonyl (C=O) groups is 1. The Morgan fingerprint density at radius 2 is 1.85 bits per heavy atom. The number of aromatic nitrogens is 3. The molecule has 0 saturated heterocycles. The fourth-order valence-electron chi connectivity index (χ4n) is 3.42. The van der Waals surface area contributed by atoms with E-state index in [9.17, 15) is 9.18 Å². The Balaban J connectivity index is 1.47. The van der Waals surface area contributed by atoms with Crippen LogP contribution in [0.15, 0.2) is 57.7 Å². The van der Waals surface area contributed by atoms with E-state index in [1.807, 2.05) is 26.0 Å². The maximum Gasteiger partial charge on any atom is 0.279 e. The van der Waals surface area contributed by atoms with Crippen LogP contribution in [0.5, 0.6) is 5.75 Å². The Kier molecular flexibility index (Phi) is 6.60. The van der Waals surface area contributed by atoms with E-state index in [0.717, 1.165) is 16.7 Å². The zero-order valence-electron chi connectivity index (χ0n) is 18.4. The van der Waals surface area contributed by atoms with Crippen molar-refractivity contribution in [3.05, 3.63) is 92.7 Å². The van der Waals surface area contributed by atoms with E-state index in [2.05, 4.69) is 37.6 Å². The summed E-state index contributed by atoms with van der Waals surface area (Å²) in [4.78, 5) is 12.9. The van der Waals surface area contributed by atoms with Gasteiger partial charge in [0, 0.05) is 6.20 Å². The van der Waals surface area contributed by atoms with Gasteiger partial charge < -0.3 is 14.6 Å². The number of anilines is 1. The van der Waals surface area contributed by atoms with Gasteiger partial charge in [-0.05, 0) is 77.7 Å². The number of benzene rings is 2. The van der Waals surface area contributed by atoms with Crippen molar-refractivity contribution < 1.29 is 18.4 Å². The van der Waals surface area contributed by atoms with Crippen LogP contribution in [-0.2, 0) is 13.2 Å². The minimum atomic E-state index is -0.460. The van der Waals surface area contributed by atoms with Crippen molar-refractivity contribution in [3.63, 3.8) is 0 Å². The Bertz CT molecular complexity index is 1280. The minimum Gasteiger partial charge on any atom is -0.489 e. The Morgan fingerprint density at radius 3 is 2.55 bits per heavy atom. The van der Waals surface area contributed by atoms with E-state index in [4.69, 9.17) is 9.26 Å². The highest BCUT2D eigenvalue weighted by Crippen LogP contribution is 2.24. The number of rotatable bonds is 7. The van der Waals surface area contributed by atoms with Crippen molar-refractivity contribution in [3.8, 4) is 5.75 Å². The normalized spacial score (nSPS) is 10.9. The molecule has 0 saturated carbocycles. The summed E-state index contributed by atoms with van der Waals surface area (Å²) in [6.45, 7) is 6.29. The Hall–Kier alpha value is -3.46. The fraction of sp³-hybridized carbons (Fsp3) is 0.208. The third kappa shape index (κ3) is 5.48. The quantitative estimate of drug-likeness (QED) is 0.349. The van der Waals surface area contributed by atoms with Gasteiger partial charge in [-0.15, -0.1) is 0 Å². The van der Waals surface area contributed by atoms with Crippen LogP contribution in [0.25, 0.3) is 0 Å². The highest BCUT2D eigenvalue weighted by molar-refractivity contribution is 9.10. The van der Waals surface area contributed by atoms with E-state index in [1.165, 1.54) is 12.1 Å². The Morgan fingerprint density at radius 1 is 1.15 bits per heavy atom. The molecule has 2 heterocycles. The first-order valence-corrected chi connectivity index (χ1v) is 11.0. The lowest BCUT2D eigenvalue weighted by Gasteiger charge is -2.09. The van der Waals surface area contributed by atoms with Crippen LogP contribution in [0.3, 0.4) is 0 Å². The number of ether oxygens (including phenoxy) is 1. The van der Waals surface area contributed by atoms with E-state index in [1.54, 1.807) is 29.9 Å². The molecule has 1 amide bonds. The third-order valence-electron chi connectivity index (χ3n) is 4.98. The van der Waals surface area contributed by atoms with Crippen LogP contribution < -0.4 is 10.1 Å². The van der Waals surface area contributed by atoms with Crippen LogP contribution in [0.1, 0.15) is 38.5 Å². The van der Waals surface area contributed by atoms with Gasteiger partial charge in [0.2, 0.25) is 0 Å². The predicted octanol–water partition coefficient (Wildman–Crippen LogP) is 5.58. The highest BCUT2D eigenvalue weighted by atomic mass is 79.9. The number of carbonyl (C=O) groups excluding carboxylic acids is 1. The molecule has 0 aliphatic rings. The van der Waals surface area contributed by atoms with Crippen molar-refractivity contribution in [2.45, 2.75) is 33.9 Å². The molecule has 9 heteroatoms. The second kappa shape index (κ2) is 9.58. The monoisotopic (exact) mass is 512 g/mol. The molecule has 0 aliphatic heterocycles. The van der Waals surface area contributed by atoms with Gasteiger partial charge in [0.05, 0.1) is 16.6 Å². The molecule has 0 unspecified atom stereocenters. The smallest absolute Gasteiger partial charge is 0.279 e. The van der Waals surface area contributed by atoms with Crippen molar-refractivity contribution in [1.82, 2.24) is 14.9 Å². The fourth-order valence-corrected chi connectivity index (χ4v) is 3.83. The molecule has 170 valence electrons. The van der Waals surface area contributed by atoms with Crippen molar-refractivity contribution in [1.29, 1.82) is 0 Å². The molecule has 0 spiro atoms. The maximum absolute atomic E-state index is 13.1. The minimum absolute atomic E-state index is 0.136. The van der Waals surface area contributed by atoms with Crippen LogP contribution in [0.2, 0.25) is 0 Å². The molecule has 0 atom stereocenters. The number of hydrogen-bond donors (Lipinski definition) is 1. The van der Waals surface area contributed by atoms with Crippen molar-refractivity contribution >= 4 is 27.7 Å². The number of halogens is 2. The molecule has 0 radical (unpaired) electrons. The molecule has 0 bridgehead atoms. The van der Waals surface area contributed by atoms with Gasteiger partial charge >= 0.3 is 0 Å². The summed E-state index contributed by atoms with van der Waals surface area (Å²) in [6.07, 6.45) is 1.73. The second-order valence-corrected chi connectivity index (χ2v) is 8.64. The maximum atomic E-state index is 13.1. The van der Waals surface area contributed by atoms with Crippen LogP contribution in [0.4, 0.5) is 10.2 Å². The number of nitrogens with zero attached hydrogens (tertiary/aromatic N) is 3. The molecular weight excluding hydrogens is 491 g/mol. The standard InChI is InChI=1S/C24H22BrFN4O3/c1-14-8-15(2)10-19(9-14)32-13-20-16(3)33-29-22(20)24(31)27-23-21(25)12-30(28-23)11-17-4-6-18(26)7-5-17/h4-10,12H,11,13H2,1-3H3,(H,27,28,31). The van der Waals surface area contributed by atoms with Gasteiger partial charge in [-0.1, -0.05) is 23.4 Å². The summed E-state index contributed by atoms with van der Waals surface area (Å²) >= 11 is 3.42. The Labute approximate surface area is 198 Å². The number of nitrogens with one attached hydrogen (secondary N) is 1. The molecular formula is C24H22BrFN4O3. The van der Waals surface area contributed by atoms with Gasteiger partial charge in [-0.2, -0.15) is 5.10 Å². The van der Waals surface area contributed by atoms with Gasteiger partial charge in [0.25, 0.3) is 5.91 Å². The van der Waals surface area contributed by atoms with Crippen LogP contribution in [-0.4, -0.2) is 20.8 Å². The lowest BCUT2D eigenvalue weighted by Crippen LogP contribution is -2.16. The first-order chi connectivity index (χ1) is 15.8. The largest absolute Gasteiger partial charge is 0.489 e. The van der Waals surface area contributed by atoms with E-state index in [-0.39, 0.29) is 18.1 Å². The van der Waals surface area contributed by atoms with Crippen LogP contribution >= 0.6 is 15.9 Å². The van der Waals surface area contributed by atoms with Gasteiger partial charge in [-0.3, -0.25) is 9.48 Å². The zero-order valence-corrected chi connectivity index (χ0v) is 19.9. The molecule has 2 aromatic heterocycles. The highest BCUT2D eigenvalue weighted by Gasteiger charge is 2.22. The molecule has 2 aromatic carbocycles. The first kappa shape index (κ1) is 22.7. The zero-order chi connectivity index (χ0) is 23.5. The summed E-state index contributed by atoms with van der Waals surface area (Å²) in [7, 11) is 0. The van der Waals surface area contributed by atoms with E-state index in [0.29, 0.717) is 33.9 Å². The second-order valence-electron chi connectivity index (χ2n) is 7.78. The van der Waals surface area contributed by atoms with Crippen molar-refractivity contribution in [2.24, 2.45) is 0 Å². The van der Waals surface area contributed by atoms with Gasteiger partial charge in [0.1, 0.15) is 23.9 Å². The molecule has 4 rings (SSSR count). The summed E-state index contributed by atoms with van der Waals surface area (Å²) in [6, 6.07) is 12.1. The molecule has 33 heavy (non-hydrogen) atoms. The van der Waals surface area contributed by atoms with Crippen molar-refractivity contribution in [2.75, 3.05) is 5.32 Å². The first-order valence-electron chi connectivity index (χ1n) is 10.2. The predicted molar refractivity (Wildman–Crippen MR) is 125 cm³/mol. The summed E-state index contributed by atoms with van der Waals surface area (Å²) < 4.78 is 26.5. The van der Waals surface area contributed by atoms with E-state index < -0.39 is 5.91 Å². The summed E-state index contributed by atoms with van der Waals surface area (Å²) in [5.41, 5.74) is 3.75. The average Bonchev–Trinajstić information content (AvgIpc) is 3.29. The number of aryl methyl sites for hydroxylation is 3. The third-order valence-corrected chi connectivity index (χ3v) is 5.57. The van der Waals surface area contributed by atoms with Gasteiger partial charge in [-0.25, -0.2) is 4.39 Å². The molecule has 1 N–H and O–H groups in total. The summed E-state index contributed by atoms with van der Waals surface area (Å²) in [5, 5.41) is 11.1. The van der Waals surface area contributed by atoms with E-state index >= 15 is 0 Å². The van der Waals surface area contributed by atoms with Crippen LogP contribution in [0, 0.1) is 26.6 Å². The molecule has 0 fully saturated rings. The number of hydrogen-bond acceptors (Lipinski definition) is 5. The SMILES string of the molecule is Cc1cc(C)cc(OCc2c(C(=O)Nc3nn(Cc4ccc(F)cc4)cc3Br)noc2C)c1. The number of amides is 1. The average molecular weight is 513 g/mol. The molecule has 4 aromatic rings. The lowest BCUT2D eigenvalue weighted by molar-refractivity contribution is 0.101. The summed E-state index contributed by atoms with van der Waals surface area (Å²) in [5.74, 6) is 0.795. The molecule has 0 aliphatic carbocycles. The van der Waals surface area contributed by atoms with Gasteiger partial charge in [0.15, 0.2) is 11.5 Å².